The summed E-state index contributed by atoms with van der Waals surface area (Å²) in [4.78, 5) is 0. The standard InChI is InChI=1S/C16H16BrCl2NO/c1-2-13(20)7-10-3-4-11(17)8-15(10)21-16-9-12(18)5-6-14(16)19/h3-6,8-9,13H,2,7,20H2,1H3. The molecule has 0 spiro atoms. The van der Waals surface area contributed by atoms with Crippen LogP contribution in [0.3, 0.4) is 0 Å². The van der Waals surface area contributed by atoms with Crippen LogP contribution in [0, 0.1) is 0 Å². The van der Waals surface area contributed by atoms with E-state index in [-0.39, 0.29) is 6.04 Å². The first kappa shape index (κ1) is 16.6. The van der Waals surface area contributed by atoms with Crippen molar-refractivity contribution in [2.24, 2.45) is 5.73 Å². The van der Waals surface area contributed by atoms with Crippen LogP contribution in [0.25, 0.3) is 0 Å². The van der Waals surface area contributed by atoms with E-state index < -0.39 is 0 Å². The van der Waals surface area contributed by atoms with E-state index in [4.69, 9.17) is 33.7 Å². The van der Waals surface area contributed by atoms with E-state index in [0.29, 0.717) is 15.8 Å². The molecule has 0 saturated heterocycles. The molecule has 0 aliphatic rings. The predicted molar refractivity (Wildman–Crippen MR) is 92.6 cm³/mol. The van der Waals surface area contributed by atoms with Gasteiger partial charge >= 0.3 is 0 Å². The molecule has 0 aromatic heterocycles. The second-order valence-electron chi connectivity index (χ2n) is 4.80. The fourth-order valence-electron chi connectivity index (χ4n) is 1.89. The second-order valence-corrected chi connectivity index (χ2v) is 6.56. The van der Waals surface area contributed by atoms with Crippen molar-refractivity contribution in [2.75, 3.05) is 0 Å². The number of nitrogens with two attached hydrogens (primary N) is 1. The Hall–Kier alpha value is -0.740. The molecule has 1 unspecified atom stereocenters. The average Bonchev–Trinajstić information content (AvgIpc) is 2.45. The molecule has 2 aromatic carbocycles. The lowest BCUT2D eigenvalue weighted by atomic mass is 10.0. The number of hydrogen-bond donors (Lipinski definition) is 1. The Morgan fingerprint density at radius 1 is 1.14 bits per heavy atom. The molecule has 2 aromatic rings. The zero-order chi connectivity index (χ0) is 15.4. The molecule has 0 fully saturated rings. The van der Waals surface area contributed by atoms with E-state index >= 15 is 0 Å². The molecule has 2 rings (SSSR count). The molecule has 0 aliphatic heterocycles. The minimum atomic E-state index is 0.100. The van der Waals surface area contributed by atoms with E-state index in [1.165, 1.54) is 0 Å². The summed E-state index contributed by atoms with van der Waals surface area (Å²) < 4.78 is 6.88. The van der Waals surface area contributed by atoms with Gasteiger partial charge in [0.25, 0.3) is 0 Å². The first-order valence-electron chi connectivity index (χ1n) is 6.66. The first-order valence-corrected chi connectivity index (χ1v) is 8.21. The number of rotatable bonds is 5. The highest BCUT2D eigenvalue weighted by Gasteiger charge is 2.11. The summed E-state index contributed by atoms with van der Waals surface area (Å²) in [6.07, 6.45) is 1.66. The molecule has 112 valence electrons. The first-order chi connectivity index (χ1) is 9.99. The molecule has 0 saturated carbocycles. The fourth-order valence-corrected chi connectivity index (χ4v) is 2.55. The molecule has 1 atom stereocenters. The number of benzene rings is 2. The summed E-state index contributed by atoms with van der Waals surface area (Å²) in [5.41, 5.74) is 7.09. The summed E-state index contributed by atoms with van der Waals surface area (Å²) in [7, 11) is 0. The normalized spacial score (nSPS) is 12.2. The molecule has 0 amide bonds. The van der Waals surface area contributed by atoms with E-state index in [2.05, 4.69) is 22.9 Å². The predicted octanol–water partition coefficient (Wildman–Crippen LogP) is 5.83. The molecule has 21 heavy (non-hydrogen) atoms. The fraction of sp³-hybridized carbons (Fsp3) is 0.250. The Kier molecular flexibility index (Phi) is 5.94. The lowest BCUT2D eigenvalue weighted by Gasteiger charge is -2.15. The van der Waals surface area contributed by atoms with Crippen molar-refractivity contribution in [3.8, 4) is 11.5 Å². The highest BCUT2D eigenvalue weighted by molar-refractivity contribution is 9.10. The summed E-state index contributed by atoms with van der Waals surface area (Å²) in [6, 6.07) is 11.1. The Labute approximate surface area is 143 Å². The van der Waals surface area contributed by atoms with Crippen molar-refractivity contribution < 1.29 is 4.74 Å². The Balaban J connectivity index is 2.33. The number of hydrogen-bond acceptors (Lipinski definition) is 2. The number of halogens is 3. The van der Waals surface area contributed by atoms with Gasteiger partial charge in [0, 0.05) is 21.6 Å². The molecule has 0 aliphatic carbocycles. The van der Waals surface area contributed by atoms with Gasteiger partial charge in [-0.3, -0.25) is 0 Å². The van der Waals surface area contributed by atoms with Crippen LogP contribution in [-0.2, 0) is 6.42 Å². The van der Waals surface area contributed by atoms with Gasteiger partial charge in [0.2, 0.25) is 0 Å². The molecular weight excluding hydrogens is 373 g/mol. The molecule has 2 nitrogen and oxygen atoms in total. The van der Waals surface area contributed by atoms with Crippen LogP contribution in [0.5, 0.6) is 11.5 Å². The molecule has 2 N–H and O–H groups in total. The SMILES string of the molecule is CCC(N)Cc1ccc(Br)cc1Oc1cc(Cl)ccc1Cl. The van der Waals surface area contributed by atoms with E-state index in [1.54, 1.807) is 18.2 Å². The topological polar surface area (TPSA) is 35.2 Å². The van der Waals surface area contributed by atoms with Gasteiger partial charge < -0.3 is 10.5 Å². The van der Waals surface area contributed by atoms with Gasteiger partial charge in [0.1, 0.15) is 11.5 Å². The average molecular weight is 389 g/mol. The van der Waals surface area contributed by atoms with Crippen molar-refractivity contribution in [1.29, 1.82) is 0 Å². The lowest BCUT2D eigenvalue weighted by Crippen LogP contribution is -2.21. The third-order valence-corrected chi connectivity index (χ3v) is 4.19. The highest BCUT2D eigenvalue weighted by Crippen LogP contribution is 2.35. The van der Waals surface area contributed by atoms with Crippen LogP contribution in [0.4, 0.5) is 0 Å². The Morgan fingerprint density at radius 2 is 1.90 bits per heavy atom. The minimum Gasteiger partial charge on any atom is -0.455 e. The van der Waals surface area contributed by atoms with Gasteiger partial charge in [0.05, 0.1) is 5.02 Å². The van der Waals surface area contributed by atoms with E-state index in [0.717, 1.165) is 28.6 Å². The van der Waals surface area contributed by atoms with Crippen molar-refractivity contribution in [3.63, 3.8) is 0 Å². The van der Waals surface area contributed by atoms with Crippen LogP contribution >= 0.6 is 39.1 Å². The Morgan fingerprint density at radius 3 is 2.62 bits per heavy atom. The van der Waals surface area contributed by atoms with Gasteiger partial charge in [-0.05, 0) is 42.7 Å². The van der Waals surface area contributed by atoms with Crippen molar-refractivity contribution in [2.45, 2.75) is 25.8 Å². The van der Waals surface area contributed by atoms with Crippen LogP contribution in [0.1, 0.15) is 18.9 Å². The molecule has 0 heterocycles. The smallest absolute Gasteiger partial charge is 0.147 e. The molecular formula is C16H16BrCl2NO. The minimum absolute atomic E-state index is 0.100. The quantitative estimate of drug-likeness (QED) is 0.699. The van der Waals surface area contributed by atoms with Crippen molar-refractivity contribution in [3.05, 3.63) is 56.5 Å². The zero-order valence-corrected chi connectivity index (χ0v) is 14.7. The van der Waals surface area contributed by atoms with Crippen LogP contribution in [0.2, 0.25) is 10.0 Å². The van der Waals surface area contributed by atoms with Crippen LogP contribution < -0.4 is 10.5 Å². The third-order valence-electron chi connectivity index (χ3n) is 3.15. The molecule has 0 bridgehead atoms. The van der Waals surface area contributed by atoms with Gasteiger partial charge in [-0.1, -0.05) is 52.1 Å². The van der Waals surface area contributed by atoms with Crippen LogP contribution in [0.15, 0.2) is 40.9 Å². The maximum atomic E-state index is 6.15. The van der Waals surface area contributed by atoms with Crippen molar-refractivity contribution in [1.82, 2.24) is 0 Å². The molecule has 5 heteroatoms. The zero-order valence-electron chi connectivity index (χ0n) is 11.6. The molecule has 0 radical (unpaired) electrons. The second kappa shape index (κ2) is 7.50. The summed E-state index contributed by atoms with van der Waals surface area (Å²) >= 11 is 15.6. The highest BCUT2D eigenvalue weighted by atomic mass is 79.9. The maximum Gasteiger partial charge on any atom is 0.147 e. The largest absolute Gasteiger partial charge is 0.455 e. The maximum absolute atomic E-state index is 6.15. The van der Waals surface area contributed by atoms with E-state index in [9.17, 15) is 0 Å². The Bertz CT molecular complexity index is 634. The lowest BCUT2D eigenvalue weighted by molar-refractivity contribution is 0.472. The van der Waals surface area contributed by atoms with Gasteiger partial charge in [-0.2, -0.15) is 0 Å². The van der Waals surface area contributed by atoms with E-state index in [1.807, 2.05) is 18.2 Å². The van der Waals surface area contributed by atoms with Gasteiger partial charge in [-0.15, -0.1) is 0 Å². The van der Waals surface area contributed by atoms with Crippen LogP contribution in [-0.4, -0.2) is 6.04 Å². The summed E-state index contributed by atoms with van der Waals surface area (Å²) in [5.74, 6) is 1.27. The van der Waals surface area contributed by atoms with Crippen molar-refractivity contribution >= 4 is 39.1 Å². The number of ether oxygens (including phenoxy) is 1. The van der Waals surface area contributed by atoms with Gasteiger partial charge in [0.15, 0.2) is 0 Å². The summed E-state index contributed by atoms with van der Waals surface area (Å²) in [5, 5.41) is 1.10. The monoisotopic (exact) mass is 387 g/mol. The third kappa shape index (κ3) is 4.62. The van der Waals surface area contributed by atoms with Gasteiger partial charge in [-0.25, -0.2) is 0 Å². The summed E-state index contributed by atoms with van der Waals surface area (Å²) in [6.45, 7) is 2.07.